The lowest BCUT2D eigenvalue weighted by atomic mass is 10.2. The number of hydrogen-bond donors (Lipinski definition) is 2. The second kappa shape index (κ2) is 7.53. The number of nitrogens with zero attached hydrogens (tertiary/aromatic N) is 3. The summed E-state index contributed by atoms with van der Waals surface area (Å²) in [5.74, 6) is 2.75. The van der Waals surface area contributed by atoms with E-state index in [2.05, 4.69) is 25.1 Å². The largest absolute Gasteiger partial charge is 0.497 e. The first kappa shape index (κ1) is 17.7. The minimum Gasteiger partial charge on any atom is -0.497 e. The quantitative estimate of drug-likeness (QED) is 0.481. The maximum Gasteiger partial charge on any atom is 0.268 e. The molecule has 9 heteroatoms. The van der Waals surface area contributed by atoms with Crippen LogP contribution in [0.25, 0.3) is 20.7 Å². The van der Waals surface area contributed by atoms with Gasteiger partial charge in [-0.05, 0) is 35.9 Å². The van der Waals surface area contributed by atoms with Gasteiger partial charge >= 0.3 is 0 Å². The van der Waals surface area contributed by atoms with Crippen molar-refractivity contribution >= 4 is 33.3 Å². The summed E-state index contributed by atoms with van der Waals surface area (Å²) in [6.45, 7) is 2.01. The van der Waals surface area contributed by atoms with Crippen LogP contribution < -0.4 is 10.3 Å². The van der Waals surface area contributed by atoms with Crippen molar-refractivity contribution in [1.29, 1.82) is 0 Å². The molecule has 138 valence electrons. The molecule has 0 saturated carbocycles. The smallest absolute Gasteiger partial charge is 0.268 e. The highest BCUT2D eigenvalue weighted by Crippen LogP contribution is 2.32. The first-order valence-electron chi connectivity index (χ1n) is 8.37. The Bertz CT molecular complexity index is 1130. The van der Waals surface area contributed by atoms with Crippen molar-refractivity contribution in [1.82, 2.24) is 25.1 Å². The standard InChI is InChI=1S/C18H17N5O2S2/c1-3-14-21-18(23-22-14)26-9-15-19-12-8-13(27-16(12)17(24)20-15)10-4-6-11(25-2)7-5-10/h4-8H,3,9H2,1-2H3,(H,19,20,24)(H,21,22,23). The average Bonchev–Trinajstić information content (AvgIpc) is 3.33. The SMILES string of the molecule is CCc1nc(SCc2nc3cc(-c4ccc(OC)cc4)sc3c(=O)[nH]2)n[nH]1. The van der Waals surface area contributed by atoms with Crippen LogP contribution in [-0.2, 0) is 12.2 Å². The Balaban J connectivity index is 1.59. The van der Waals surface area contributed by atoms with Crippen molar-refractivity contribution in [2.45, 2.75) is 24.3 Å². The highest BCUT2D eigenvalue weighted by molar-refractivity contribution is 7.98. The molecule has 0 aliphatic carbocycles. The maximum atomic E-state index is 12.5. The summed E-state index contributed by atoms with van der Waals surface area (Å²) in [5.41, 5.74) is 1.61. The molecule has 0 aliphatic heterocycles. The molecule has 3 heterocycles. The van der Waals surface area contributed by atoms with E-state index in [4.69, 9.17) is 4.74 Å². The Hall–Kier alpha value is -2.65. The lowest BCUT2D eigenvalue weighted by Gasteiger charge is -2.00. The van der Waals surface area contributed by atoms with Gasteiger partial charge in [0.2, 0.25) is 5.16 Å². The first-order valence-corrected chi connectivity index (χ1v) is 10.2. The summed E-state index contributed by atoms with van der Waals surface area (Å²) < 4.78 is 5.82. The van der Waals surface area contributed by atoms with Crippen LogP contribution in [0.5, 0.6) is 5.75 Å². The topological polar surface area (TPSA) is 96.6 Å². The zero-order chi connectivity index (χ0) is 18.8. The van der Waals surface area contributed by atoms with E-state index in [1.54, 1.807) is 7.11 Å². The van der Waals surface area contributed by atoms with Gasteiger partial charge in [-0.2, -0.15) is 0 Å². The normalized spacial score (nSPS) is 11.2. The fraction of sp³-hybridized carbons (Fsp3) is 0.222. The molecular weight excluding hydrogens is 382 g/mol. The van der Waals surface area contributed by atoms with Crippen molar-refractivity contribution in [3.63, 3.8) is 0 Å². The number of nitrogens with one attached hydrogen (secondary N) is 2. The highest BCUT2D eigenvalue weighted by Gasteiger charge is 2.12. The number of methoxy groups -OCH3 is 1. The van der Waals surface area contributed by atoms with Crippen LogP contribution >= 0.6 is 23.1 Å². The molecule has 7 nitrogen and oxygen atoms in total. The van der Waals surface area contributed by atoms with E-state index in [-0.39, 0.29) is 5.56 Å². The van der Waals surface area contributed by atoms with Crippen molar-refractivity contribution < 1.29 is 4.74 Å². The third kappa shape index (κ3) is 3.74. The predicted molar refractivity (Wildman–Crippen MR) is 108 cm³/mol. The number of aromatic amines is 2. The summed E-state index contributed by atoms with van der Waals surface area (Å²) in [4.78, 5) is 25.3. The number of benzene rings is 1. The van der Waals surface area contributed by atoms with E-state index < -0.39 is 0 Å². The van der Waals surface area contributed by atoms with E-state index in [1.165, 1.54) is 23.1 Å². The third-order valence-electron chi connectivity index (χ3n) is 3.99. The Morgan fingerprint density at radius 3 is 2.70 bits per heavy atom. The molecule has 4 aromatic rings. The molecule has 0 unspecified atom stereocenters. The van der Waals surface area contributed by atoms with Gasteiger partial charge in [-0.15, -0.1) is 16.4 Å². The number of H-pyrrole nitrogens is 2. The number of aromatic nitrogens is 5. The fourth-order valence-electron chi connectivity index (χ4n) is 2.59. The second-order valence-electron chi connectivity index (χ2n) is 5.77. The molecule has 0 spiro atoms. The average molecular weight is 400 g/mol. The molecule has 1 aromatic carbocycles. The lowest BCUT2D eigenvalue weighted by molar-refractivity contribution is 0.415. The van der Waals surface area contributed by atoms with Crippen LogP contribution in [0, 0.1) is 0 Å². The Kier molecular flexibility index (Phi) is 4.95. The minimum absolute atomic E-state index is 0.121. The summed E-state index contributed by atoms with van der Waals surface area (Å²) in [5, 5.41) is 7.68. The fourth-order valence-corrected chi connectivity index (χ4v) is 4.27. The molecule has 4 rings (SSSR count). The van der Waals surface area contributed by atoms with Gasteiger partial charge < -0.3 is 9.72 Å². The van der Waals surface area contributed by atoms with Crippen LogP contribution in [0.4, 0.5) is 0 Å². The number of hydrogen-bond acceptors (Lipinski definition) is 7. The summed E-state index contributed by atoms with van der Waals surface area (Å²) >= 11 is 2.87. The van der Waals surface area contributed by atoms with E-state index in [9.17, 15) is 4.79 Å². The van der Waals surface area contributed by atoms with E-state index in [1.807, 2.05) is 37.3 Å². The Morgan fingerprint density at radius 2 is 2.00 bits per heavy atom. The molecule has 0 atom stereocenters. The number of thiophene rings is 1. The summed E-state index contributed by atoms with van der Waals surface area (Å²) in [6.07, 6.45) is 0.803. The van der Waals surface area contributed by atoms with Gasteiger partial charge in [0.05, 0.1) is 18.4 Å². The number of rotatable bonds is 6. The summed E-state index contributed by atoms with van der Waals surface area (Å²) in [6, 6.07) is 9.71. The zero-order valence-electron chi connectivity index (χ0n) is 14.8. The Morgan fingerprint density at radius 1 is 1.19 bits per heavy atom. The molecule has 2 N–H and O–H groups in total. The van der Waals surface area contributed by atoms with Crippen molar-refractivity contribution in [3.05, 3.63) is 52.3 Å². The van der Waals surface area contributed by atoms with Crippen LogP contribution in [0.1, 0.15) is 18.6 Å². The first-order chi connectivity index (χ1) is 13.2. The van der Waals surface area contributed by atoms with Crippen LogP contribution in [0.3, 0.4) is 0 Å². The van der Waals surface area contributed by atoms with Crippen LogP contribution in [-0.4, -0.2) is 32.3 Å². The molecule has 0 radical (unpaired) electrons. The van der Waals surface area contributed by atoms with Gasteiger partial charge in [-0.1, -0.05) is 18.7 Å². The molecule has 0 fully saturated rings. The number of aryl methyl sites for hydroxylation is 1. The van der Waals surface area contributed by atoms with Crippen LogP contribution in [0.15, 0.2) is 40.3 Å². The van der Waals surface area contributed by atoms with Gasteiger partial charge in [-0.25, -0.2) is 9.97 Å². The monoisotopic (exact) mass is 399 g/mol. The number of ether oxygens (including phenoxy) is 1. The molecule has 0 aliphatic rings. The molecule has 3 aromatic heterocycles. The minimum atomic E-state index is -0.121. The van der Waals surface area contributed by atoms with Crippen molar-refractivity contribution in [2.75, 3.05) is 7.11 Å². The van der Waals surface area contributed by atoms with Gasteiger partial charge in [0.25, 0.3) is 5.56 Å². The molecular formula is C18H17N5O2S2. The highest BCUT2D eigenvalue weighted by atomic mass is 32.2. The molecule has 0 bridgehead atoms. The summed E-state index contributed by atoms with van der Waals surface area (Å²) in [7, 11) is 1.64. The van der Waals surface area contributed by atoms with Crippen LogP contribution in [0.2, 0.25) is 0 Å². The van der Waals surface area contributed by atoms with Crippen molar-refractivity contribution in [2.24, 2.45) is 0 Å². The Labute approximate surface area is 163 Å². The molecule has 0 saturated heterocycles. The number of thioether (sulfide) groups is 1. The van der Waals surface area contributed by atoms with Crippen molar-refractivity contribution in [3.8, 4) is 16.2 Å². The predicted octanol–water partition coefficient (Wildman–Crippen LogP) is 3.63. The molecule has 27 heavy (non-hydrogen) atoms. The number of fused-ring (bicyclic) bond motifs is 1. The van der Waals surface area contributed by atoms with Gasteiger partial charge in [0, 0.05) is 11.3 Å². The molecule has 0 amide bonds. The lowest BCUT2D eigenvalue weighted by Crippen LogP contribution is -2.09. The maximum absolute atomic E-state index is 12.5. The van der Waals surface area contributed by atoms with E-state index >= 15 is 0 Å². The zero-order valence-corrected chi connectivity index (χ0v) is 16.4. The van der Waals surface area contributed by atoms with E-state index in [0.29, 0.717) is 27.0 Å². The van der Waals surface area contributed by atoms with Gasteiger partial charge in [-0.3, -0.25) is 9.89 Å². The van der Waals surface area contributed by atoms with E-state index in [0.717, 1.165) is 28.4 Å². The van der Waals surface area contributed by atoms with Gasteiger partial charge in [0.1, 0.15) is 22.1 Å². The second-order valence-corrected chi connectivity index (χ2v) is 7.77. The third-order valence-corrected chi connectivity index (χ3v) is 6.02. The van der Waals surface area contributed by atoms with Gasteiger partial charge in [0.15, 0.2) is 0 Å².